The van der Waals surface area contributed by atoms with Crippen molar-refractivity contribution in [1.82, 2.24) is 4.98 Å². The van der Waals surface area contributed by atoms with Gasteiger partial charge in [0.2, 0.25) is 0 Å². The van der Waals surface area contributed by atoms with E-state index in [9.17, 15) is 9.59 Å². The third-order valence-corrected chi connectivity index (χ3v) is 4.32. The van der Waals surface area contributed by atoms with E-state index >= 15 is 0 Å². The highest BCUT2D eigenvalue weighted by molar-refractivity contribution is 6.05. The van der Waals surface area contributed by atoms with E-state index in [1.54, 1.807) is 42.6 Å². The number of rotatable bonds is 5. The smallest absolute Gasteiger partial charge is 0.337 e. The molecule has 6 heteroatoms. The lowest BCUT2D eigenvalue weighted by Crippen LogP contribution is -2.12. The summed E-state index contributed by atoms with van der Waals surface area (Å²) in [6, 6.07) is 15.9. The van der Waals surface area contributed by atoms with Crippen LogP contribution in [0.4, 0.5) is 17.2 Å². The van der Waals surface area contributed by atoms with Gasteiger partial charge in [0, 0.05) is 23.1 Å². The van der Waals surface area contributed by atoms with Gasteiger partial charge in [0.15, 0.2) is 0 Å². The van der Waals surface area contributed by atoms with Gasteiger partial charge in [-0.05, 0) is 61.4 Å². The van der Waals surface area contributed by atoms with Crippen LogP contribution in [0.5, 0.6) is 0 Å². The second-order valence-corrected chi connectivity index (χ2v) is 6.34. The zero-order valence-corrected chi connectivity index (χ0v) is 15.9. The molecular weight excluding hydrogens is 354 g/mol. The maximum atomic E-state index is 12.6. The number of amides is 1. The van der Waals surface area contributed by atoms with Crippen molar-refractivity contribution in [1.29, 1.82) is 0 Å². The van der Waals surface area contributed by atoms with Crippen molar-refractivity contribution in [3.8, 4) is 0 Å². The number of carbonyl (C=O) groups excluding carboxylic acids is 2. The molecule has 0 atom stereocenters. The first-order chi connectivity index (χ1) is 13.5. The summed E-state index contributed by atoms with van der Waals surface area (Å²) in [5.74, 6) is -0.0990. The summed E-state index contributed by atoms with van der Waals surface area (Å²) >= 11 is 0. The Labute approximate surface area is 163 Å². The zero-order chi connectivity index (χ0) is 20.1. The highest BCUT2D eigenvalue weighted by Crippen LogP contribution is 2.23. The Hall–Kier alpha value is -3.67. The molecule has 0 saturated carbocycles. The topological polar surface area (TPSA) is 80.3 Å². The minimum Gasteiger partial charge on any atom is -0.465 e. The number of esters is 1. The van der Waals surface area contributed by atoms with Crippen LogP contribution < -0.4 is 10.6 Å². The number of nitrogens with zero attached hydrogens (tertiary/aromatic N) is 1. The average molecular weight is 375 g/mol. The molecule has 0 aliphatic carbocycles. The van der Waals surface area contributed by atoms with Crippen LogP contribution in [-0.2, 0) is 4.74 Å². The fourth-order valence-electron chi connectivity index (χ4n) is 2.79. The first-order valence-corrected chi connectivity index (χ1v) is 8.77. The third kappa shape index (κ3) is 4.35. The van der Waals surface area contributed by atoms with Crippen LogP contribution in [0.15, 0.2) is 60.8 Å². The van der Waals surface area contributed by atoms with Crippen LogP contribution in [0.25, 0.3) is 0 Å². The lowest BCUT2D eigenvalue weighted by atomic mass is 10.1. The monoisotopic (exact) mass is 375 g/mol. The zero-order valence-electron chi connectivity index (χ0n) is 15.9. The first kappa shape index (κ1) is 19.1. The van der Waals surface area contributed by atoms with Crippen molar-refractivity contribution < 1.29 is 14.3 Å². The van der Waals surface area contributed by atoms with Crippen LogP contribution in [0, 0.1) is 13.8 Å². The van der Waals surface area contributed by atoms with Crippen molar-refractivity contribution in [2.24, 2.45) is 0 Å². The van der Waals surface area contributed by atoms with Crippen LogP contribution in [0.3, 0.4) is 0 Å². The number of carbonyl (C=O) groups is 2. The van der Waals surface area contributed by atoms with Crippen molar-refractivity contribution in [2.75, 3.05) is 17.7 Å². The number of aromatic nitrogens is 1. The van der Waals surface area contributed by atoms with E-state index in [2.05, 4.69) is 20.4 Å². The Morgan fingerprint density at radius 3 is 2.25 bits per heavy atom. The molecular formula is C22H21N3O3. The number of nitrogens with one attached hydrogen (secondary N) is 2. The number of para-hydroxylation sites is 1. The van der Waals surface area contributed by atoms with Crippen LogP contribution in [0.1, 0.15) is 31.8 Å². The molecule has 0 aliphatic heterocycles. The fourth-order valence-corrected chi connectivity index (χ4v) is 2.79. The predicted molar refractivity (Wildman–Crippen MR) is 109 cm³/mol. The Kier molecular flexibility index (Phi) is 5.69. The van der Waals surface area contributed by atoms with Gasteiger partial charge in [-0.15, -0.1) is 0 Å². The molecule has 0 fully saturated rings. The van der Waals surface area contributed by atoms with E-state index in [1.807, 2.05) is 32.0 Å². The van der Waals surface area contributed by atoms with Crippen molar-refractivity contribution in [3.05, 3.63) is 83.0 Å². The number of hydrogen-bond acceptors (Lipinski definition) is 5. The number of hydrogen-bond donors (Lipinski definition) is 2. The summed E-state index contributed by atoms with van der Waals surface area (Å²) in [5, 5.41) is 6.09. The molecule has 142 valence electrons. The molecule has 1 heterocycles. The molecule has 0 aliphatic rings. The minimum absolute atomic E-state index is 0.266. The molecule has 3 rings (SSSR count). The van der Waals surface area contributed by atoms with Crippen LogP contribution >= 0.6 is 0 Å². The molecule has 0 saturated heterocycles. The number of ether oxygens (including phenoxy) is 1. The predicted octanol–water partition coefficient (Wildman–Crippen LogP) is 4.48. The van der Waals surface area contributed by atoms with Gasteiger partial charge in [0.05, 0.1) is 12.7 Å². The minimum atomic E-state index is -0.422. The Morgan fingerprint density at radius 1 is 0.929 bits per heavy atom. The largest absolute Gasteiger partial charge is 0.465 e. The Bertz CT molecular complexity index is 994. The Balaban J connectivity index is 1.74. The normalized spacial score (nSPS) is 10.2. The molecule has 0 unspecified atom stereocenters. The van der Waals surface area contributed by atoms with Crippen LogP contribution in [-0.4, -0.2) is 24.0 Å². The van der Waals surface area contributed by atoms with Gasteiger partial charge in [0.25, 0.3) is 5.91 Å². The maximum absolute atomic E-state index is 12.6. The van der Waals surface area contributed by atoms with E-state index in [0.717, 1.165) is 16.8 Å². The standard InChI is InChI=1S/C22H21N3O3/c1-14-5-4-6-15(2)20(14)25-19-13-17(11-12-23-19)21(26)24-18-9-7-16(8-10-18)22(27)28-3/h4-13H,1-3H3,(H,23,25)(H,24,26). The molecule has 0 bridgehead atoms. The number of pyridine rings is 1. The van der Waals surface area contributed by atoms with Gasteiger partial charge in [-0.1, -0.05) is 18.2 Å². The molecule has 2 aromatic carbocycles. The summed E-state index contributed by atoms with van der Waals surface area (Å²) in [6.07, 6.45) is 1.59. The average Bonchev–Trinajstić information content (AvgIpc) is 2.71. The van der Waals surface area contributed by atoms with Crippen LogP contribution in [0.2, 0.25) is 0 Å². The second kappa shape index (κ2) is 8.35. The summed E-state index contributed by atoms with van der Waals surface area (Å²) in [5.41, 5.74) is 4.65. The summed E-state index contributed by atoms with van der Waals surface area (Å²) < 4.78 is 4.67. The summed E-state index contributed by atoms with van der Waals surface area (Å²) in [7, 11) is 1.32. The quantitative estimate of drug-likeness (QED) is 0.643. The first-order valence-electron chi connectivity index (χ1n) is 8.77. The number of benzene rings is 2. The number of aryl methyl sites for hydroxylation is 2. The maximum Gasteiger partial charge on any atom is 0.337 e. The van der Waals surface area contributed by atoms with Gasteiger partial charge in [-0.2, -0.15) is 0 Å². The molecule has 6 nitrogen and oxygen atoms in total. The van der Waals surface area contributed by atoms with Gasteiger partial charge >= 0.3 is 5.97 Å². The van der Waals surface area contributed by atoms with Crippen molar-refractivity contribution in [3.63, 3.8) is 0 Å². The van der Waals surface area contributed by atoms with E-state index in [0.29, 0.717) is 22.6 Å². The second-order valence-electron chi connectivity index (χ2n) is 6.34. The molecule has 1 aromatic heterocycles. The van der Waals surface area contributed by atoms with Gasteiger partial charge in [0.1, 0.15) is 5.82 Å². The lowest BCUT2D eigenvalue weighted by molar-refractivity contribution is 0.0600. The van der Waals surface area contributed by atoms with Gasteiger partial charge in [-0.3, -0.25) is 4.79 Å². The van der Waals surface area contributed by atoms with E-state index in [4.69, 9.17) is 0 Å². The molecule has 3 aromatic rings. The van der Waals surface area contributed by atoms with E-state index in [1.165, 1.54) is 7.11 Å². The molecule has 1 amide bonds. The molecule has 0 radical (unpaired) electrons. The lowest BCUT2D eigenvalue weighted by Gasteiger charge is -2.13. The summed E-state index contributed by atoms with van der Waals surface area (Å²) in [6.45, 7) is 4.04. The van der Waals surface area contributed by atoms with Crippen molar-refractivity contribution >= 4 is 29.1 Å². The highest BCUT2D eigenvalue weighted by Gasteiger charge is 2.10. The molecule has 2 N–H and O–H groups in total. The molecule has 28 heavy (non-hydrogen) atoms. The molecule has 0 spiro atoms. The highest BCUT2D eigenvalue weighted by atomic mass is 16.5. The number of methoxy groups -OCH3 is 1. The Morgan fingerprint density at radius 2 is 1.61 bits per heavy atom. The fraction of sp³-hybridized carbons (Fsp3) is 0.136. The third-order valence-electron chi connectivity index (χ3n) is 4.32. The van der Waals surface area contributed by atoms with E-state index in [-0.39, 0.29) is 5.91 Å². The van der Waals surface area contributed by atoms with E-state index < -0.39 is 5.97 Å². The SMILES string of the molecule is COC(=O)c1ccc(NC(=O)c2ccnc(Nc3c(C)cccc3C)c2)cc1. The van der Waals surface area contributed by atoms with Gasteiger partial charge in [-0.25, -0.2) is 9.78 Å². The summed E-state index contributed by atoms with van der Waals surface area (Å²) in [4.78, 5) is 28.4. The van der Waals surface area contributed by atoms with Crippen molar-refractivity contribution in [2.45, 2.75) is 13.8 Å². The van der Waals surface area contributed by atoms with Gasteiger partial charge < -0.3 is 15.4 Å². The number of anilines is 3.